The maximum atomic E-state index is 11.1. The highest BCUT2D eigenvalue weighted by molar-refractivity contribution is 5.20. The van der Waals surface area contributed by atoms with Crippen molar-refractivity contribution in [3.05, 3.63) is 0 Å². The minimum Gasteiger partial charge on any atom is -0.389 e. The molecule has 0 saturated heterocycles. The minimum absolute atomic E-state index is 0.261. The SMILES string of the molecule is CC1CC2C3CC(C)(C2C1)C(O)(C1CC1)C3. The second kappa shape index (κ2) is 2.68. The highest BCUT2D eigenvalue weighted by atomic mass is 16.3. The Balaban J connectivity index is 1.73. The second-order valence-electron chi connectivity index (χ2n) is 7.63. The van der Waals surface area contributed by atoms with E-state index >= 15 is 0 Å². The van der Waals surface area contributed by atoms with Crippen LogP contribution < -0.4 is 0 Å². The van der Waals surface area contributed by atoms with Crippen LogP contribution in [0.4, 0.5) is 0 Å². The first-order valence-electron chi connectivity index (χ1n) is 7.27. The van der Waals surface area contributed by atoms with E-state index in [-0.39, 0.29) is 11.0 Å². The molecule has 4 aliphatic rings. The van der Waals surface area contributed by atoms with Crippen LogP contribution in [-0.4, -0.2) is 10.7 Å². The molecule has 1 N–H and O–H groups in total. The highest BCUT2D eigenvalue weighted by Gasteiger charge is 2.71. The Kier molecular flexibility index (Phi) is 1.67. The van der Waals surface area contributed by atoms with Gasteiger partial charge in [0.1, 0.15) is 0 Å². The molecule has 4 fully saturated rings. The Hall–Kier alpha value is -0.0400. The van der Waals surface area contributed by atoms with Crippen LogP contribution in [0.1, 0.15) is 52.4 Å². The molecule has 4 saturated carbocycles. The van der Waals surface area contributed by atoms with Gasteiger partial charge in [-0.15, -0.1) is 0 Å². The van der Waals surface area contributed by atoms with E-state index in [1.165, 1.54) is 32.1 Å². The molecule has 4 rings (SSSR count). The molecule has 0 aromatic carbocycles. The zero-order chi connectivity index (χ0) is 11.1. The predicted octanol–water partition coefficient (Wildman–Crippen LogP) is 3.22. The van der Waals surface area contributed by atoms with Gasteiger partial charge in [0, 0.05) is 0 Å². The number of aliphatic hydroxyl groups is 1. The molecule has 2 bridgehead atoms. The first kappa shape index (κ1) is 9.94. The van der Waals surface area contributed by atoms with Gasteiger partial charge in [0.05, 0.1) is 5.60 Å². The first-order valence-corrected chi connectivity index (χ1v) is 7.27. The molecule has 6 atom stereocenters. The van der Waals surface area contributed by atoms with Crippen molar-refractivity contribution < 1.29 is 5.11 Å². The smallest absolute Gasteiger partial charge is 0.0734 e. The van der Waals surface area contributed by atoms with E-state index in [4.69, 9.17) is 0 Å². The quantitative estimate of drug-likeness (QED) is 0.719. The van der Waals surface area contributed by atoms with Crippen molar-refractivity contribution in [1.29, 1.82) is 0 Å². The monoisotopic (exact) mass is 220 g/mol. The summed E-state index contributed by atoms with van der Waals surface area (Å²) in [6, 6.07) is 0. The highest BCUT2D eigenvalue weighted by Crippen LogP contribution is 2.73. The fourth-order valence-electron chi connectivity index (χ4n) is 5.98. The van der Waals surface area contributed by atoms with Crippen LogP contribution in [0.25, 0.3) is 0 Å². The molecular weight excluding hydrogens is 196 g/mol. The summed E-state index contributed by atoms with van der Waals surface area (Å²) in [6.07, 6.45) is 7.92. The Morgan fingerprint density at radius 1 is 1.12 bits per heavy atom. The maximum Gasteiger partial charge on any atom is 0.0734 e. The summed E-state index contributed by atoms with van der Waals surface area (Å²) in [5.41, 5.74) is 0.0250. The van der Waals surface area contributed by atoms with Crippen molar-refractivity contribution >= 4 is 0 Å². The first-order chi connectivity index (χ1) is 7.54. The maximum absolute atomic E-state index is 11.1. The topological polar surface area (TPSA) is 20.2 Å². The van der Waals surface area contributed by atoms with Crippen LogP contribution in [-0.2, 0) is 0 Å². The molecule has 16 heavy (non-hydrogen) atoms. The molecule has 0 radical (unpaired) electrons. The predicted molar refractivity (Wildman–Crippen MR) is 63.9 cm³/mol. The van der Waals surface area contributed by atoms with Gasteiger partial charge < -0.3 is 5.11 Å². The van der Waals surface area contributed by atoms with Gasteiger partial charge >= 0.3 is 0 Å². The van der Waals surface area contributed by atoms with Gasteiger partial charge in [-0.25, -0.2) is 0 Å². The standard InChI is InChI=1S/C15H24O/c1-9-5-12-10-7-14(2,13(12)6-9)15(16,8-10)11-3-4-11/h9-13,16H,3-8H2,1-2H3. The molecule has 0 aromatic heterocycles. The molecule has 6 unspecified atom stereocenters. The molecule has 0 spiro atoms. The van der Waals surface area contributed by atoms with Gasteiger partial charge in [0.15, 0.2) is 0 Å². The van der Waals surface area contributed by atoms with Crippen LogP contribution in [0.3, 0.4) is 0 Å². The van der Waals surface area contributed by atoms with E-state index in [1.54, 1.807) is 0 Å². The Bertz CT molecular complexity index is 334. The molecule has 1 nitrogen and oxygen atoms in total. The summed E-state index contributed by atoms with van der Waals surface area (Å²) < 4.78 is 0. The molecule has 0 aliphatic heterocycles. The number of fused-ring (bicyclic) bond motifs is 5. The third kappa shape index (κ3) is 0.939. The van der Waals surface area contributed by atoms with Crippen LogP contribution in [0.15, 0.2) is 0 Å². The summed E-state index contributed by atoms with van der Waals surface area (Å²) >= 11 is 0. The van der Waals surface area contributed by atoms with Crippen molar-refractivity contribution in [3.8, 4) is 0 Å². The average Bonchev–Trinajstić information content (AvgIpc) is 2.88. The minimum atomic E-state index is -0.261. The molecule has 0 heterocycles. The normalized spacial score (nSPS) is 63.9. The van der Waals surface area contributed by atoms with Gasteiger partial charge in [-0.2, -0.15) is 0 Å². The third-order valence-corrected chi connectivity index (χ3v) is 6.77. The summed E-state index contributed by atoms with van der Waals surface area (Å²) in [4.78, 5) is 0. The van der Waals surface area contributed by atoms with Crippen molar-refractivity contribution in [2.24, 2.45) is 35.0 Å². The Labute approximate surface area is 98.6 Å². The largest absolute Gasteiger partial charge is 0.389 e. The summed E-state index contributed by atoms with van der Waals surface area (Å²) in [7, 11) is 0. The lowest BCUT2D eigenvalue weighted by Gasteiger charge is -2.47. The van der Waals surface area contributed by atoms with E-state index in [9.17, 15) is 5.11 Å². The summed E-state index contributed by atoms with van der Waals surface area (Å²) in [5, 5.41) is 11.1. The van der Waals surface area contributed by atoms with Gasteiger partial charge in [0.25, 0.3) is 0 Å². The van der Waals surface area contributed by atoms with Crippen molar-refractivity contribution in [2.45, 2.75) is 58.0 Å². The van der Waals surface area contributed by atoms with E-state index < -0.39 is 0 Å². The molecule has 0 amide bonds. The fraction of sp³-hybridized carbons (Fsp3) is 1.00. The van der Waals surface area contributed by atoms with Crippen molar-refractivity contribution in [2.75, 3.05) is 0 Å². The van der Waals surface area contributed by atoms with Crippen LogP contribution in [0.5, 0.6) is 0 Å². The average molecular weight is 220 g/mol. The summed E-state index contributed by atoms with van der Waals surface area (Å²) in [6.45, 7) is 4.84. The van der Waals surface area contributed by atoms with E-state index in [0.717, 1.165) is 30.1 Å². The van der Waals surface area contributed by atoms with Gasteiger partial charge in [-0.1, -0.05) is 13.8 Å². The number of hydrogen-bond acceptors (Lipinski definition) is 1. The number of hydrogen-bond donors (Lipinski definition) is 1. The van der Waals surface area contributed by atoms with E-state index in [1.807, 2.05) is 0 Å². The van der Waals surface area contributed by atoms with Crippen LogP contribution in [0, 0.1) is 35.0 Å². The Morgan fingerprint density at radius 2 is 1.88 bits per heavy atom. The van der Waals surface area contributed by atoms with Crippen molar-refractivity contribution in [3.63, 3.8) is 0 Å². The number of rotatable bonds is 1. The second-order valence-corrected chi connectivity index (χ2v) is 7.63. The molecule has 0 aromatic rings. The Morgan fingerprint density at radius 3 is 2.56 bits per heavy atom. The fourth-order valence-corrected chi connectivity index (χ4v) is 5.98. The van der Waals surface area contributed by atoms with Gasteiger partial charge in [0.2, 0.25) is 0 Å². The molecular formula is C15H24O. The lowest BCUT2D eigenvalue weighted by atomic mass is 9.62. The lowest BCUT2D eigenvalue weighted by Crippen LogP contribution is -2.50. The van der Waals surface area contributed by atoms with E-state index in [0.29, 0.717) is 5.92 Å². The van der Waals surface area contributed by atoms with E-state index in [2.05, 4.69) is 13.8 Å². The third-order valence-electron chi connectivity index (χ3n) is 6.77. The zero-order valence-electron chi connectivity index (χ0n) is 10.6. The lowest BCUT2D eigenvalue weighted by molar-refractivity contribution is -0.117. The van der Waals surface area contributed by atoms with Gasteiger partial charge in [-0.05, 0) is 73.5 Å². The zero-order valence-corrected chi connectivity index (χ0v) is 10.6. The van der Waals surface area contributed by atoms with Gasteiger partial charge in [-0.3, -0.25) is 0 Å². The van der Waals surface area contributed by atoms with Crippen LogP contribution in [0.2, 0.25) is 0 Å². The van der Waals surface area contributed by atoms with Crippen molar-refractivity contribution in [1.82, 2.24) is 0 Å². The molecule has 4 aliphatic carbocycles. The molecule has 1 heteroatoms. The van der Waals surface area contributed by atoms with Crippen LogP contribution >= 0.6 is 0 Å². The molecule has 90 valence electrons. The summed E-state index contributed by atoms with van der Waals surface area (Å²) in [5.74, 6) is 4.27.